The first-order chi connectivity index (χ1) is 11.0. The minimum atomic E-state index is -0.529. The van der Waals surface area contributed by atoms with E-state index in [1.807, 2.05) is 30.3 Å². The lowest BCUT2D eigenvalue weighted by atomic mass is 9.94. The van der Waals surface area contributed by atoms with Crippen LogP contribution in [-0.2, 0) is 16.0 Å². The molecule has 6 heteroatoms. The van der Waals surface area contributed by atoms with Crippen molar-refractivity contribution in [1.82, 2.24) is 10.2 Å². The van der Waals surface area contributed by atoms with E-state index < -0.39 is 6.04 Å². The Labute approximate surface area is 150 Å². The summed E-state index contributed by atoms with van der Waals surface area (Å²) in [4.78, 5) is 26.6. The third-order valence-electron chi connectivity index (χ3n) is 4.64. The molecule has 3 atom stereocenters. The third-order valence-corrected chi connectivity index (χ3v) is 4.64. The van der Waals surface area contributed by atoms with Crippen molar-refractivity contribution < 1.29 is 9.59 Å². The second-order valence-electron chi connectivity index (χ2n) is 6.52. The fourth-order valence-corrected chi connectivity index (χ4v) is 3.30. The number of nitrogens with two attached hydrogens (primary N) is 1. The Hall–Kier alpha value is -1.59. The van der Waals surface area contributed by atoms with Gasteiger partial charge in [0.15, 0.2) is 0 Å². The summed E-state index contributed by atoms with van der Waals surface area (Å²) in [6.07, 6.45) is 3.40. The molecule has 0 aliphatic heterocycles. The molecule has 1 aromatic rings. The molecule has 1 saturated carbocycles. The number of hydrogen-bond donors (Lipinski definition) is 2. The van der Waals surface area contributed by atoms with Gasteiger partial charge in [0.1, 0.15) is 6.04 Å². The van der Waals surface area contributed by atoms with Gasteiger partial charge in [-0.1, -0.05) is 36.8 Å². The number of nitrogens with zero attached hydrogens (tertiary/aromatic N) is 1. The zero-order valence-electron chi connectivity index (χ0n) is 14.4. The molecular weight excluding hydrogens is 326 g/mol. The van der Waals surface area contributed by atoms with Crippen LogP contribution in [-0.4, -0.2) is 43.4 Å². The molecule has 1 fully saturated rings. The molecule has 0 bridgehead atoms. The molecule has 0 aromatic heterocycles. The highest BCUT2D eigenvalue weighted by Crippen LogP contribution is 2.31. The summed E-state index contributed by atoms with van der Waals surface area (Å²) < 4.78 is 0. The maximum absolute atomic E-state index is 12.6. The van der Waals surface area contributed by atoms with E-state index in [4.69, 9.17) is 5.73 Å². The van der Waals surface area contributed by atoms with Gasteiger partial charge in [0.25, 0.3) is 0 Å². The molecule has 0 spiro atoms. The number of carbonyl (C=O) groups excluding carboxylic acids is 2. The molecule has 2 amide bonds. The molecule has 0 radical (unpaired) electrons. The van der Waals surface area contributed by atoms with Gasteiger partial charge in [-0.25, -0.2) is 0 Å². The monoisotopic (exact) mass is 353 g/mol. The highest BCUT2D eigenvalue weighted by Gasteiger charge is 2.34. The zero-order chi connectivity index (χ0) is 16.8. The van der Waals surface area contributed by atoms with Crippen molar-refractivity contribution in [1.29, 1.82) is 0 Å². The smallest absolute Gasteiger partial charge is 0.244 e. The first-order valence-corrected chi connectivity index (χ1v) is 8.28. The predicted molar refractivity (Wildman–Crippen MR) is 97.9 cm³/mol. The maximum atomic E-state index is 12.6. The second kappa shape index (κ2) is 9.64. The van der Waals surface area contributed by atoms with Crippen molar-refractivity contribution in [3.05, 3.63) is 35.9 Å². The average molecular weight is 354 g/mol. The van der Waals surface area contributed by atoms with Gasteiger partial charge in [0.05, 0.1) is 0 Å². The lowest BCUT2D eigenvalue weighted by molar-refractivity contribution is -0.136. The Kier molecular flexibility index (Phi) is 8.22. The van der Waals surface area contributed by atoms with Crippen LogP contribution in [0, 0.1) is 11.8 Å². The van der Waals surface area contributed by atoms with Gasteiger partial charge in [-0.2, -0.15) is 0 Å². The van der Waals surface area contributed by atoms with Crippen molar-refractivity contribution in [2.45, 2.75) is 31.7 Å². The van der Waals surface area contributed by atoms with Crippen LogP contribution in [0.4, 0.5) is 0 Å². The number of nitrogens with one attached hydrogen (secondary N) is 1. The fourth-order valence-electron chi connectivity index (χ4n) is 3.30. The van der Waals surface area contributed by atoms with E-state index in [-0.39, 0.29) is 36.1 Å². The van der Waals surface area contributed by atoms with Crippen LogP contribution < -0.4 is 11.1 Å². The molecule has 5 nitrogen and oxygen atoms in total. The number of halogens is 1. The van der Waals surface area contributed by atoms with Crippen molar-refractivity contribution in [3.8, 4) is 0 Å². The lowest BCUT2D eigenvalue weighted by Crippen LogP contribution is -2.50. The van der Waals surface area contributed by atoms with E-state index in [0.717, 1.165) is 24.8 Å². The molecule has 1 aromatic carbocycles. The van der Waals surface area contributed by atoms with E-state index >= 15 is 0 Å². The number of hydrogen-bond acceptors (Lipinski definition) is 3. The van der Waals surface area contributed by atoms with Crippen LogP contribution >= 0.6 is 12.4 Å². The third kappa shape index (κ3) is 5.21. The van der Waals surface area contributed by atoms with Gasteiger partial charge in [-0.15, -0.1) is 12.4 Å². The summed E-state index contributed by atoms with van der Waals surface area (Å²) in [5, 5.41) is 2.97. The van der Waals surface area contributed by atoms with E-state index in [1.165, 1.54) is 4.90 Å². The van der Waals surface area contributed by atoms with Gasteiger partial charge in [-0.3, -0.25) is 9.59 Å². The molecule has 3 N–H and O–H groups in total. The lowest BCUT2D eigenvalue weighted by Gasteiger charge is -2.25. The van der Waals surface area contributed by atoms with E-state index in [2.05, 4.69) is 5.32 Å². The van der Waals surface area contributed by atoms with Crippen LogP contribution in [0.25, 0.3) is 0 Å². The van der Waals surface area contributed by atoms with Crippen LogP contribution in [0.5, 0.6) is 0 Å². The Morgan fingerprint density at radius 3 is 2.50 bits per heavy atom. The fraction of sp³-hybridized carbons (Fsp3) is 0.556. The minimum absolute atomic E-state index is 0. The summed E-state index contributed by atoms with van der Waals surface area (Å²) in [5.74, 6) is 0.0636. The standard InChI is InChI=1S/C18H27N3O2.ClH/c1-21(2)18(23)16(11-13-7-4-3-5-8-13)20-17(22)15-10-6-9-14(15)12-19;/h3-5,7-8,14-16H,6,9-12,19H2,1-2H3,(H,20,22);1H/t14-,15-,16?;/m1./s1. The van der Waals surface area contributed by atoms with Crippen molar-refractivity contribution in [2.24, 2.45) is 17.6 Å². The largest absolute Gasteiger partial charge is 0.347 e. The van der Waals surface area contributed by atoms with Crippen molar-refractivity contribution >= 4 is 24.2 Å². The predicted octanol–water partition coefficient (Wildman–Crippen LogP) is 1.60. The van der Waals surface area contributed by atoms with Gasteiger partial charge in [0, 0.05) is 26.4 Å². The van der Waals surface area contributed by atoms with Gasteiger partial charge >= 0.3 is 0 Å². The number of benzene rings is 1. The van der Waals surface area contributed by atoms with Gasteiger partial charge < -0.3 is 16.0 Å². The summed E-state index contributed by atoms with van der Waals surface area (Å²) in [6, 6.07) is 9.24. The molecule has 134 valence electrons. The van der Waals surface area contributed by atoms with Crippen LogP contribution in [0.2, 0.25) is 0 Å². The SMILES string of the molecule is CN(C)C(=O)C(Cc1ccccc1)NC(=O)[C@@H]1CCC[C@@H]1CN.Cl. The van der Waals surface area contributed by atoms with E-state index in [1.54, 1.807) is 14.1 Å². The van der Waals surface area contributed by atoms with Crippen LogP contribution in [0.3, 0.4) is 0 Å². The summed E-state index contributed by atoms with van der Waals surface area (Å²) in [5.41, 5.74) is 6.81. The summed E-state index contributed by atoms with van der Waals surface area (Å²) in [6.45, 7) is 0.531. The number of likely N-dealkylation sites (N-methyl/N-ethyl adjacent to an activating group) is 1. The molecule has 1 aliphatic rings. The first-order valence-electron chi connectivity index (χ1n) is 8.28. The molecule has 2 rings (SSSR count). The highest BCUT2D eigenvalue weighted by molar-refractivity contribution is 5.88. The normalized spacial score (nSPS) is 20.8. The number of amides is 2. The summed E-state index contributed by atoms with van der Waals surface area (Å²) in [7, 11) is 3.43. The second-order valence-corrected chi connectivity index (χ2v) is 6.52. The van der Waals surface area contributed by atoms with E-state index in [9.17, 15) is 9.59 Å². The van der Waals surface area contributed by atoms with Gasteiger partial charge in [-0.05, 0) is 30.9 Å². The molecule has 1 aliphatic carbocycles. The first kappa shape index (κ1) is 20.5. The van der Waals surface area contributed by atoms with Crippen molar-refractivity contribution in [2.75, 3.05) is 20.6 Å². The molecule has 0 saturated heterocycles. The molecule has 1 unspecified atom stereocenters. The average Bonchev–Trinajstić information content (AvgIpc) is 3.03. The Bertz CT molecular complexity index is 536. The Morgan fingerprint density at radius 2 is 1.92 bits per heavy atom. The van der Waals surface area contributed by atoms with Crippen LogP contribution in [0.1, 0.15) is 24.8 Å². The number of carbonyl (C=O) groups is 2. The zero-order valence-corrected chi connectivity index (χ0v) is 15.2. The number of rotatable bonds is 6. The van der Waals surface area contributed by atoms with Crippen LogP contribution in [0.15, 0.2) is 30.3 Å². The molecule has 24 heavy (non-hydrogen) atoms. The Balaban J connectivity index is 0.00000288. The van der Waals surface area contributed by atoms with Gasteiger partial charge in [0.2, 0.25) is 11.8 Å². The summed E-state index contributed by atoms with van der Waals surface area (Å²) >= 11 is 0. The molecular formula is C18H28ClN3O2. The minimum Gasteiger partial charge on any atom is -0.347 e. The topological polar surface area (TPSA) is 75.4 Å². The maximum Gasteiger partial charge on any atom is 0.244 e. The molecule has 0 heterocycles. The Morgan fingerprint density at radius 1 is 1.25 bits per heavy atom. The quantitative estimate of drug-likeness (QED) is 0.815. The van der Waals surface area contributed by atoms with E-state index in [0.29, 0.717) is 13.0 Å². The van der Waals surface area contributed by atoms with Crippen molar-refractivity contribution in [3.63, 3.8) is 0 Å². The highest BCUT2D eigenvalue weighted by atomic mass is 35.5.